The predicted octanol–water partition coefficient (Wildman–Crippen LogP) is 4.71. The first-order chi connectivity index (χ1) is 10.3. The van der Waals surface area contributed by atoms with Crippen LogP contribution in [0.1, 0.15) is 11.3 Å². The van der Waals surface area contributed by atoms with Crippen molar-refractivity contribution in [3.8, 4) is 11.3 Å². The Morgan fingerprint density at radius 2 is 1.64 bits per heavy atom. The van der Waals surface area contributed by atoms with Gasteiger partial charge in [0.25, 0.3) is 0 Å². The van der Waals surface area contributed by atoms with Crippen molar-refractivity contribution in [1.82, 2.24) is 10.3 Å². The van der Waals surface area contributed by atoms with Gasteiger partial charge in [-0.3, -0.25) is 4.98 Å². The summed E-state index contributed by atoms with van der Waals surface area (Å²) in [5.74, 6) is 1.77. The molecule has 2 heterocycles. The Hall–Kier alpha value is -1.81. The average Bonchev–Trinajstić information content (AvgIpc) is 2.98. The van der Waals surface area contributed by atoms with Gasteiger partial charge in [-0.2, -0.15) is 0 Å². The lowest BCUT2D eigenvalue weighted by Crippen LogP contribution is -2.11. The van der Waals surface area contributed by atoms with Crippen molar-refractivity contribution in [1.29, 1.82) is 0 Å². The van der Waals surface area contributed by atoms with Crippen LogP contribution in [0.4, 0.5) is 0 Å². The van der Waals surface area contributed by atoms with Gasteiger partial charge >= 0.3 is 0 Å². The molecule has 0 radical (unpaired) electrons. The fourth-order valence-corrected chi connectivity index (χ4v) is 2.20. The van der Waals surface area contributed by atoms with Gasteiger partial charge in [0.2, 0.25) is 0 Å². The number of hydrogen-bond acceptors (Lipinski definition) is 3. The largest absolute Gasteiger partial charge is 0.460 e. The molecular weight excluding hydrogens is 319 g/mol. The van der Waals surface area contributed by atoms with E-state index in [0.29, 0.717) is 6.54 Å². The predicted molar refractivity (Wildman–Crippen MR) is 91.2 cm³/mol. The summed E-state index contributed by atoms with van der Waals surface area (Å²) in [5, 5.41) is 4.08. The van der Waals surface area contributed by atoms with Gasteiger partial charge in [0.05, 0.1) is 6.54 Å². The van der Waals surface area contributed by atoms with Crippen molar-refractivity contribution in [2.45, 2.75) is 13.1 Å². The molecule has 3 aromatic rings. The molecule has 5 heteroatoms. The zero-order chi connectivity index (χ0) is 14.5. The second-order valence-corrected chi connectivity index (χ2v) is 5.17. The van der Waals surface area contributed by atoms with Gasteiger partial charge in [0.15, 0.2) is 0 Å². The summed E-state index contributed by atoms with van der Waals surface area (Å²) in [6.45, 7) is 1.48. The molecule has 0 spiro atoms. The second kappa shape index (κ2) is 7.99. The molecule has 0 unspecified atom stereocenters. The van der Waals surface area contributed by atoms with Crippen molar-refractivity contribution >= 4 is 24.0 Å². The van der Waals surface area contributed by atoms with Crippen LogP contribution in [0.25, 0.3) is 11.3 Å². The van der Waals surface area contributed by atoms with E-state index in [1.54, 1.807) is 12.4 Å². The van der Waals surface area contributed by atoms with Crippen molar-refractivity contribution < 1.29 is 4.42 Å². The summed E-state index contributed by atoms with van der Waals surface area (Å²) in [4.78, 5) is 4.00. The highest BCUT2D eigenvalue weighted by Crippen LogP contribution is 2.23. The lowest BCUT2D eigenvalue weighted by Gasteiger charge is -2.02. The molecule has 0 aliphatic heterocycles. The van der Waals surface area contributed by atoms with E-state index in [0.717, 1.165) is 28.7 Å². The first-order valence-corrected chi connectivity index (χ1v) is 7.13. The molecule has 3 nitrogen and oxygen atoms in total. The van der Waals surface area contributed by atoms with Crippen LogP contribution in [-0.2, 0) is 13.1 Å². The Morgan fingerprint density at radius 1 is 0.909 bits per heavy atom. The topological polar surface area (TPSA) is 38.1 Å². The molecule has 0 aliphatic carbocycles. The van der Waals surface area contributed by atoms with E-state index in [1.165, 1.54) is 5.56 Å². The smallest absolute Gasteiger partial charge is 0.134 e. The molecule has 1 aromatic carbocycles. The molecule has 0 aliphatic rings. The summed E-state index contributed by atoms with van der Waals surface area (Å²) < 4.78 is 5.83. The first-order valence-electron chi connectivity index (χ1n) is 6.75. The van der Waals surface area contributed by atoms with Crippen LogP contribution in [0, 0.1) is 0 Å². The fraction of sp³-hybridized carbons (Fsp3) is 0.118. The molecule has 0 saturated carbocycles. The van der Waals surface area contributed by atoms with Crippen molar-refractivity contribution in [3.05, 3.63) is 77.3 Å². The number of benzene rings is 1. The minimum Gasteiger partial charge on any atom is -0.460 e. The number of nitrogens with one attached hydrogen (secondary N) is 1. The standard InChI is InChI=1S/C17H15ClN2O.ClH/c18-15-3-1-14(2-4-15)17-6-5-16(21-17)12-20-11-13-7-9-19-10-8-13;/h1-10,20H,11-12H2;1H. The number of rotatable bonds is 5. The van der Waals surface area contributed by atoms with Crippen LogP contribution >= 0.6 is 24.0 Å². The van der Waals surface area contributed by atoms with Gasteiger partial charge in [0, 0.05) is 29.5 Å². The molecule has 114 valence electrons. The maximum absolute atomic E-state index is 5.89. The quantitative estimate of drug-likeness (QED) is 0.734. The monoisotopic (exact) mass is 334 g/mol. The van der Waals surface area contributed by atoms with Crippen LogP contribution in [0.3, 0.4) is 0 Å². The average molecular weight is 335 g/mol. The molecule has 0 amide bonds. The van der Waals surface area contributed by atoms with Crippen molar-refractivity contribution in [3.63, 3.8) is 0 Å². The SMILES string of the molecule is Cl.Clc1ccc(-c2ccc(CNCc3ccncc3)o2)cc1. The van der Waals surface area contributed by atoms with Crippen LogP contribution in [-0.4, -0.2) is 4.98 Å². The Kier molecular flexibility index (Phi) is 6.01. The molecule has 22 heavy (non-hydrogen) atoms. The zero-order valence-corrected chi connectivity index (χ0v) is 13.4. The number of pyridine rings is 1. The maximum atomic E-state index is 5.89. The van der Waals surface area contributed by atoms with Crippen molar-refractivity contribution in [2.75, 3.05) is 0 Å². The van der Waals surface area contributed by atoms with Crippen LogP contribution in [0.2, 0.25) is 5.02 Å². The fourth-order valence-electron chi connectivity index (χ4n) is 2.07. The van der Waals surface area contributed by atoms with Crippen LogP contribution < -0.4 is 5.32 Å². The first kappa shape index (κ1) is 16.6. The lowest BCUT2D eigenvalue weighted by molar-refractivity contribution is 0.493. The summed E-state index contributed by atoms with van der Waals surface area (Å²) in [6.07, 6.45) is 3.59. The highest BCUT2D eigenvalue weighted by atomic mass is 35.5. The summed E-state index contributed by atoms with van der Waals surface area (Å²) in [7, 11) is 0. The van der Waals surface area contributed by atoms with Gasteiger partial charge in [0.1, 0.15) is 11.5 Å². The highest BCUT2D eigenvalue weighted by molar-refractivity contribution is 6.30. The van der Waals surface area contributed by atoms with Gasteiger partial charge < -0.3 is 9.73 Å². The third-order valence-electron chi connectivity index (χ3n) is 3.17. The summed E-state index contributed by atoms with van der Waals surface area (Å²) in [5.41, 5.74) is 2.23. The Morgan fingerprint density at radius 3 is 2.36 bits per heavy atom. The Balaban J connectivity index is 0.00000176. The molecule has 2 aromatic heterocycles. The Bertz CT molecular complexity index is 696. The molecular formula is C17H16Cl2N2O. The molecule has 1 N–H and O–H groups in total. The second-order valence-electron chi connectivity index (χ2n) is 4.73. The van der Waals surface area contributed by atoms with E-state index in [2.05, 4.69) is 10.3 Å². The number of halogens is 2. The molecule has 3 rings (SSSR count). The third-order valence-corrected chi connectivity index (χ3v) is 3.42. The molecule has 0 atom stereocenters. The number of hydrogen-bond donors (Lipinski definition) is 1. The van der Waals surface area contributed by atoms with Crippen LogP contribution in [0.15, 0.2) is 65.3 Å². The maximum Gasteiger partial charge on any atom is 0.134 e. The summed E-state index contributed by atoms with van der Waals surface area (Å²) in [6, 6.07) is 15.6. The normalized spacial score (nSPS) is 10.2. The van der Waals surface area contributed by atoms with E-state index in [-0.39, 0.29) is 12.4 Å². The van der Waals surface area contributed by atoms with Gasteiger partial charge in [-0.05, 0) is 54.1 Å². The highest BCUT2D eigenvalue weighted by Gasteiger charge is 2.04. The van der Waals surface area contributed by atoms with Gasteiger partial charge in [-0.25, -0.2) is 0 Å². The minimum absolute atomic E-state index is 0. The molecule has 0 bridgehead atoms. The molecule has 0 fully saturated rings. The summed E-state index contributed by atoms with van der Waals surface area (Å²) >= 11 is 5.89. The minimum atomic E-state index is 0. The van der Waals surface area contributed by atoms with Crippen LogP contribution in [0.5, 0.6) is 0 Å². The lowest BCUT2D eigenvalue weighted by atomic mass is 10.2. The van der Waals surface area contributed by atoms with E-state index in [1.807, 2.05) is 48.5 Å². The number of aromatic nitrogens is 1. The van der Waals surface area contributed by atoms with Gasteiger partial charge in [-0.15, -0.1) is 12.4 Å². The number of nitrogens with zero attached hydrogens (tertiary/aromatic N) is 1. The van der Waals surface area contributed by atoms with Crippen molar-refractivity contribution in [2.24, 2.45) is 0 Å². The van der Waals surface area contributed by atoms with E-state index in [9.17, 15) is 0 Å². The number of furan rings is 1. The molecule has 0 saturated heterocycles. The van der Waals surface area contributed by atoms with E-state index >= 15 is 0 Å². The Labute approximate surface area is 140 Å². The van der Waals surface area contributed by atoms with E-state index < -0.39 is 0 Å². The van der Waals surface area contributed by atoms with E-state index in [4.69, 9.17) is 16.0 Å². The third kappa shape index (κ3) is 4.34. The zero-order valence-electron chi connectivity index (χ0n) is 11.8. The van der Waals surface area contributed by atoms with Gasteiger partial charge in [-0.1, -0.05) is 11.6 Å².